The first-order chi connectivity index (χ1) is 17.9. The molecule has 0 fully saturated rings. The van der Waals surface area contributed by atoms with Crippen LogP contribution in [0, 0.1) is 11.3 Å². The summed E-state index contributed by atoms with van der Waals surface area (Å²) < 4.78 is 42.4. The zero-order valence-electron chi connectivity index (χ0n) is 21.3. The van der Waals surface area contributed by atoms with Crippen molar-refractivity contribution in [1.82, 2.24) is 25.1 Å². The second kappa shape index (κ2) is 12.1. The molecule has 7 nitrogen and oxygen atoms in total. The number of alkyl halides is 3. The number of hydrogen-bond acceptors (Lipinski definition) is 4. The second-order valence-corrected chi connectivity index (χ2v) is 9.88. The fourth-order valence-electron chi connectivity index (χ4n) is 4.12. The summed E-state index contributed by atoms with van der Waals surface area (Å²) in [6, 6.07) is 14.6. The molecule has 2 aromatic carbocycles. The van der Waals surface area contributed by atoms with Gasteiger partial charge in [-0.25, -0.2) is 4.98 Å². The van der Waals surface area contributed by atoms with Gasteiger partial charge >= 0.3 is 6.18 Å². The van der Waals surface area contributed by atoms with Gasteiger partial charge in [0.1, 0.15) is 0 Å². The van der Waals surface area contributed by atoms with Gasteiger partial charge in [-0.15, -0.1) is 0 Å². The maximum atomic E-state index is 13.5. The van der Waals surface area contributed by atoms with E-state index in [1.54, 1.807) is 56.5 Å². The Labute approximate surface area is 225 Å². The van der Waals surface area contributed by atoms with Crippen LogP contribution in [0.1, 0.15) is 41.8 Å². The molecule has 1 amide bonds. The van der Waals surface area contributed by atoms with Gasteiger partial charge < -0.3 is 20.1 Å². The van der Waals surface area contributed by atoms with Gasteiger partial charge in [0.2, 0.25) is 5.91 Å². The van der Waals surface area contributed by atoms with E-state index in [1.165, 1.54) is 12.1 Å². The Morgan fingerprint density at radius 3 is 2.47 bits per heavy atom. The summed E-state index contributed by atoms with van der Waals surface area (Å²) in [5, 5.41) is 15.0. The van der Waals surface area contributed by atoms with E-state index >= 15 is 0 Å². The molecule has 2 N–H and O–H groups in total. The van der Waals surface area contributed by atoms with Crippen LogP contribution in [0.2, 0.25) is 0 Å². The monoisotopic (exact) mass is 542 g/mol. The van der Waals surface area contributed by atoms with Gasteiger partial charge in [0.05, 0.1) is 35.5 Å². The number of rotatable bonds is 9. The second-order valence-electron chi connectivity index (χ2n) is 9.50. The van der Waals surface area contributed by atoms with Crippen molar-refractivity contribution in [3.8, 4) is 6.07 Å². The summed E-state index contributed by atoms with van der Waals surface area (Å²) in [6.45, 7) is 4.17. The van der Waals surface area contributed by atoms with E-state index < -0.39 is 17.3 Å². The highest BCUT2D eigenvalue weighted by Gasteiger charge is 2.34. The predicted octanol–water partition coefficient (Wildman–Crippen LogP) is 4.27. The summed E-state index contributed by atoms with van der Waals surface area (Å²) in [7, 11) is 1.60. The first kappa shape index (κ1) is 28.7. The molecule has 38 heavy (non-hydrogen) atoms. The normalized spacial score (nSPS) is 11.5. The number of thiocarbonyl (C=S) groups is 1. The number of aromatic nitrogens is 2. The molecule has 0 spiro atoms. The van der Waals surface area contributed by atoms with E-state index in [9.17, 15) is 18.0 Å². The van der Waals surface area contributed by atoms with E-state index in [-0.39, 0.29) is 36.1 Å². The van der Waals surface area contributed by atoms with Crippen LogP contribution in [-0.2, 0) is 30.5 Å². The Morgan fingerprint density at radius 1 is 1.16 bits per heavy atom. The summed E-state index contributed by atoms with van der Waals surface area (Å²) in [6.07, 6.45) is -1.18. The lowest BCUT2D eigenvalue weighted by atomic mass is 10.0. The molecule has 0 aliphatic heterocycles. The van der Waals surface area contributed by atoms with Crippen molar-refractivity contribution in [1.29, 1.82) is 5.26 Å². The highest BCUT2D eigenvalue weighted by atomic mass is 32.1. The zero-order chi connectivity index (χ0) is 27.9. The Bertz CT molecular complexity index is 1310. The van der Waals surface area contributed by atoms with Crippen molar-refractivity contribution in [3.05, 3.63) is 89.0 Å². The minimum atomic E-state index is -4.49. The largest absolute Gasteiger partial charge is 0.416 e. The number of nitriles is 1. The maximum Gasteiger partial charge on any atom is 0.416 e. The molecule has 0 aliphatic rings. The third-order valence-electron chi connectivity index (χ3n) is 5.83. The molecule has 0 saturated carbocycles. The lowest BCUT2D eigenvalue weighted by Crippen LogP contribution is -2.54. The number of imidazole rings is 1. The van der Waals surface area contributed by atoms with Crippen LogP contribution in [0.4, 0.5) is 13.2 Å². The molecule has 0 saturated heterocycles. The smallest absolute Gasteiger partial charge is 0.366 e. The number of amides is 1. The standard InChI is InChI=1S/C27H29F3N6OS/c1-26(2,17-35(25(38)32-3)16-21-6-4-5-7-23(21)27(28,29)30)34-24(37)12-22-14-33-18-36(22)15-20-10-8-19(13-31)9-11-20/h4-11,14,18H,12,15-17H2,1-3H3,(H,32,38)(H,34,37). The molecule has 3 aromatic rings. The molecule has 0 atom stereocenters. The van der Waals surface area contributed by atoms with Gasteiger partial charge in [0.25, 0.3) is 0 Å². The lowest BCUT2D eigenvalue weighted by Gasteiger charge is -2.35. The summed E-state index contributed by atoms with van der Waals surface area (Å²) >= 11 is 5.37. The van der Waals surface area contributed by atoms with Crippen LogP contribution in [0.3, 0.4) is 0 Å². The number of carbonyl (C=O) groups is 1. The van der Waals surface area contributed by atoms with Crippen molar-refractivity contribution in [2.45, 2.75) is 45.1 Å². The fraction of sp³-hybridized carbons (Fsp3) is 0.333. The molecule has 0 aliphatic carbocycles. The van der Waals surface area contributed by atoms with Crippen molar-refractivity contribution >= 4 is 23.2 Å². The van der Waals surface area contributed by atoms with Gasteiger partial charge in [-0.05, 0) is 55.4 Å². The first-order valence-corrected chi connectivity index (χ1v) is 12.2. The van der Waals surface area contributed by atoms with Gasteiger partial charge in [-0.3, -0.25) is 4.79 Å². The van der Waals surface area contributed by atoms with Gasteiger partial charge in [-0.2, -0.15) is 18.4 Å². The molecule has 11 heteroatoms. The summed E-state index contributed by atoms with van der Waals surface area (Å²) in [5.41, 5.74) is 0.773. The molecular weight excluding hydrogens is 513 g/mol. The quantitative estimate of drug-likeness (QED) is 0.393. The maximum absolute atomic E-state index is 13.5. The Morgan fingerprint density at radius 2 is 1.84 bits per heavy atom. The third-order valence-corrected chi connectivity index (χ3v) is 6.29. The van der Waals surface area contributed by atoms with E-state index in [2.05, 4.69) is 21.7 Å². The zero-order valence-corrected chi connectivity index (χ0v) is 22.2. The van der Waals surface area contributed by atoms with Crippen LogP contribution in [-0.4, -0.2) is 44.6 Å². The number of benzene rings is 2. The number of nitrogens with zero attached hydrogens (tertiary/aromatic N) is 4. The van der Waals surface area contributed by atoms with E-state index in [0.29, 0.717) is 17.8 Å². The van der Waals surface area contributed by atoms with Crippen molar-refractivity contribution in [2.24, 2.45) is 0 Å². The summed E-state index contributed by atoms with van der Waals surface area (Å²) in [4.78, 5) is 18.7. The molecule has 1 heterocycles. The predicted molar refractivity (Wildman–Crippen MR) is 142 cm³/mol. The Hall–Kier alpha value is -3.91. The van der Waals surface area contributed by atoms with Crippen molar-refractivity contribution < 1.29 is 18.0 Å². The molecule has 0 radical (unpaired) electrons. The van der Waals surface area contributed by atoms with Gasteiger partial charge in [-0.1, -0.05) is 30.3 Å². The van der Waals surface area contributed by atoms with E-state index in [4.69, 9.17) is 17.5 Å². The average molecular weight is 543 g/mol. The SMILES string of the molecule is CNC(=S)N(Cc1ccccc1C(F)(F)F)CC(C)(C)NC(=O)Cc1cncn1Cc1ccc(C#N)cc1. The fourth-order valence-corrected chi connectivity index (χ4v) is 4.25. The third kappa shape index (κ3) is 7.79. The van der Waals surface area contributed by atoms with Gasteiger partial charge in [0.15, 0.2) is 5.11 Å². The average Bonchev–Trinajstić information content (AvgIpc) is 3.28. The van der Waals surface area contributed by atoms with Crippen LogP contribution < -0.4 is 10.6 Å². The van der Waals surface area contributed by atoms with Crippen molar-refractivity contribution in [2.75, 3.05) is 13.6 Å². The highest BCUT2D eigenvalue weighted by Crippen LogP contribution is 2.32. The Balaban J connectivity index is 1.68. The van der Waals surface area contributed by atoms with Gasteiger partial charge in [0, 0.05) is 38.6 Å². The van der Waals surface area contributed by atoms with Crippen LogP contribution in [0.15, 0.2) is 61.1 Å². The minimum Gasteiger partial charge on any atom is -0.366 e. The molecule has 200 valence electrons. The molecular formula is C27H29F3N6OS. The van der Waals surface area contributed by atoms with Crippen molar-refractivity contribution in [3.63, 3.8) is 0 Å². The number of halogens is 3. The summed E-state index contributed by atoms with van der Waals surface area (Å²) in [5.74, 6) is -0.261. The molecule has 0 unspecified atom stereocenters. The lowest BCUT2D eigenvalue weighted by molar-refractivity contribution is -0.138. The molecule has 1 aromatic heterocycles. The van der Waals surface area contributed by atoms with Crippen LogP contribution >= 0.6 is 12.2 Å². The Kier molecular flexibility index (Phi) is 9.12. The number of hydrogen-bond donors (Lipinski definition) is 2. The minimum absolute atomic E-state index is 0.0626. The van der Waals surface area contributed by atoms with E-state index in [1.807, 2.05) is 16.7 Å². The topological polar surface area (TPSA) is 86.0 Å². The molecule has 0 bridgehead atoms. The highest BCUT2D eigenvalue weighted by molar-refractivity contribution is 7.80. The van der Waals surface area contributed by atoms with Crippen LogP contribution in [0.25, 0.3) is 0 Å². The number of nitrogens with one attached hydrogen (secondary N) is 2. The van der Waals surface area contributed by atoms with Crippen LogP contribution in [0.5, 0.6) is 0 Å². The first-order valence-electron chi connectivity index (χ1n) is 11.8. The molecule has 3 rings (SSSR count). The number of carbonyl (C=O) groups excluding carboxylic acids is 1. The van der Waals surface area contributed by atoms with E-state index in [0.717, 1.165) is 11.6 Å².